The molecule has 2 aliphatic heterocycles. The summed E-state index contributed by atoms with van der Waals surface area (Å²) in [5, 5.41) is 1.20. The standard InChI is InChI=1S/C32H32F6N2O3/c1-39(42-2)29(41)26-18-30(23-11-7-4-8-12-23)28(14-13-27(26)40(30)19-21-9-5-3-6-10-21)43-20-22-15-24(31(33,34)35)17-25(16-22)32(36,37)38/h3-12,15-17,26-28H,13-14,18-20H2,1-2H3/t26-,27?,28?,30?/m1/s1. The highest BCUT2D eigenvalue weighted by atomic mass is 19.4. The summed E-state index contributed by atoms with van der Waals surface area (Å²) in [7, 11) is 2.95. The molecule has 43 heavy (non-hydrogen) atoms. The Labute approximate surface area is 245 Å². The van der Waals surface area contributed by atoms with Crippen molar-refractivity contribution in [1.82, 2.24) is 9.96 Å². The summed E-state index contributed by atoms with van der Waals surface area (Å²) in [6.45, 7) is -0.00476. The molecule has 2 saturated heterocycles. The predicted molar refractivity (Wildman–Crippen MR) is 146 cm³/mol. The summed E-state index contributed by atoms with van der Waals surface area (Å²) < 4.78 is 87.6. The second kappa shape index (κ2) is 11.9. The Morgan fingerprint density at radius 3 is 2.02 bits per heavy atom. The third-order valence-corrected chi connectivity index (χ3v) is 8.64. The van der Waals surface area contributed by atoms with E-state index in [9.17, 15) is 31.1 Å². The predicted octanol–water partition coefficient (Wildman–Crippen LogP) is 7.21. The molecule has 2 bridgehead atoms. The summed E-state index contributed by atoms with van der Waals surface area (Å²) in [6.07, 6.45) is -9.23. The molecule has 0 aromatic heterocycles. The number of carbonyl (C=O) groups is 1. The maximum atomic E-state index is 13.6. The third-order valence-electron chi connectivity index (χ3n) is 8.64. The van der Waals surface area contributed by atoms with Gasteiger partial charge in [-0.15, -0.1) is 0 Å². The van der Waals surface area contributed by atoms with Crippen LogP contribution in [0.3, 0.4) is 0 Å². The lowest BCUT2D eigenvalue weighted by molar-refractivity contribution is -0.174. The minimum absolute atomic E-state index is 0.112. The van der Waals surface area contributed by atoms with Crippen molar-refractivity contribution in [2.24, 2.45) is 5.92 Å². The third kappa shape index (κ3) is 6.16. The van der Waals surface area contributed by atoms with Crippen molar-refractivity contribution < 1.29 is 40.7 Å². The second-order valence-electron chi connectivity index (χ2n) is 11.1. The quantitative estimate of drug-likeness (QED) is 0.201. The largest absolute Gasteiger partial charge is 0.416 e. The fourth-order valence-electron chi connectivity index (χ4n) is 6.67. The van der Waals surface area contributed by atoms with Gasteiger partial charge in [0, 0.05) is 19.6 Å². The normalized spacial score (nSPS) is 24.2. The van der Waals surface area contributed by atoms with Gasteiger partial charge >= 0.3 is 12.4 Å². The summed E-state index contributed by atoms with van der Waals surface area (Å²) in [5.41, 5.74) is -2.04. The topological polar surface area (TPSA) is 42.0 Å². The Morgan fingerprint density at radius 2 is 1.47 bits per heavy atom. The number of hydroxylamine groups is 2. The first-order valence-corrected chi connectivity index (χ1v) is 13.9. The maximum Gasteiger partial charge on any atom is 0.416 e. The maximum absolute atomic E-state index is 13.6. The van der Waals surface area contributed by atoms with Crippen LogP contribution in [0.1, 0.15) is 47.1 Å². The van der Waals surface area contributed by atoms with E-state index in [2.05, 4.69) is 4.90 Å². The van der Waals surface area contributed by atoms with E-state index in [-0.39, 0.29) is 23.6 Å². The number of piperidine rings is 1. The molecule has 11 heteroatoms. The van der Waals surface area contributed by atoms with Crippen LogP contribution in [-0.4, -0.2) is 42.2 Å². The Kier molecular flexibility index (Phi) is 8.61. The number of amides is 1. The first-order chi connectivity index (χ1) is 20.3. The van der Waals surface area contributed by atoms with Crippen molar-refractivity contribution in [2.75, 3.05) is 14.2 Å². The van der Waals surface area contributed by atoms with Gasteiger partial charge in [0.05, 0.1) is 42.4 Å². The Morgan fingerprint density at radius 1 is 0.884 bits per heavy atom. The van der Waals surface area contributed by atoms with E-state index in [1.54, 1.807) is 7.05 Å². The van der Waals surface area contributed by atoms with Gasteiger partial charge in [-0.05, 0) is 54.2 Å². The molecule has 1 amide bonds. The Balaban J connectivity index is 1.56. The van der Waals surface area contributed by atoms with Crippen molar-refractivity contribution in [3.05, 3.63) is 107 Å². The van der Waals surface area contributed by atoms with Crippen molar-refractivity contribution in [3.8, 4) is 0 Å². The highest BCUT2D eigenvalue weighted by molar-refractivity contribution is 5.79. The van der Waals surface area contributed by atoms with Crippen LogP contribution in [-0.2, 0) is 45.4 Å². The number of benzene rings is 3. The SMILES string of the molecule is CON(C)C(=O)[C@@H]1CC2(c3ccccc3)C(OCc3cc(C(F)(F)F)cc(C(F)(F)F)c3)CCC1N2Cc1ccccc1. The number of fused-ring (bicyclic) bond motifs is 2. The molecule has 0 aliphatic carbocycles. The number of hydrogen-bond acceptors (Lipinski definition) is 4. The highest BCUT2D eigenvalue weighted by Crippen LogP contribution is 2.55. The lowest BCUT2D eigenvalue weighted by Gasteiger charge is -2.50. The van der Waals surface area contributed by atoms with Crippen LogP contribution in [0.15, 0.2) is 78.9 Å². The molecule has 0 N–H and O–H groups in total. The zero-order valence-electron chi connectivity index (χ0n) is 23.7. The minimum Gasteiger partial charge on any atom is -0.371 e. The molecule has 0 saturated carbocycles. The molecule has 230 valence electrons. The molecule has 5 nitrogen and oxygen atoms in total. The average molecular weight is 607 g/mol. The number of nitrogens with zero attached hydrogens (tertiary/aromatic N) is 2. The zero-order chi connectivity index (χ0) is 31.0. The number of alkyl halides is 6. The van der Waals surface area contributed by atoms with Crippen LogP contribution >= 0.6 is 0 Å². The Hall–Kier alpha value is -3.41. The van der Waals surface area contributed by atoms with Gasteiger partial charge < -0.3 is 4.74 Å². The van der Waals surface area contributed by atoms with E-state index in [0.717, 1.165) is 11.1 Å². The summed E-state index contributed by atoms with van der Waals surface area (Å²) >= 11 is 0. The van der Waals surface area contributed by atoms with Crippen LogP contribution in [0.4, 0.5) is 26.3 Å². The first-order valence-electron chi connectivity index (χ1n) is 13.9. The monoisotopic (exact) mass is 606 g/mol. The minimum atomic E-state index is -4.96. The summed E-state index contributed by atoms with van der Waals surface area (Å²) in [6, 6.07) is 20.4. The number of halogens is 6. The smallest absolute Gasteiger partial charge is 0.371 e. The van der Waals surface area contributed by atoms with E-state index in [1.807, 2.05) is 60.7 Å². The molecule has 3 aromatic rings. The van der Waals surface area contributed by atoms with Crippen LogP contribution in [0.2, 0.25) is 0 Å². The van der Waals surface area contributed by atoms with E-state index in [4.69, 9.17) is 9.57 Å². The number of rotatable bonds is 8. The summed E-state index contributed by atoms with van der Waals surface area (Å²) in [5.74, 6) is -0.690. The van der Waals surface area contributed by atoms with Gasteiger partial charge in [0.2, 0.25) is 0 Å². The molecule has 0 spiro atoms. The van der Waals surface area contributed by atoms with Crippen LogP contribution in [0.5, 0.6) is 0 Å². The molecule has 3 unspecified atom stereocenters. The van der Waals surface area contributed by atoms with Crippen LogP contribution in [0, 0.1) is 5.92 Å². The van der Waals surface area contributed by atoms with Gasteiger partial charge in [-0.2, -0.15) is 26.3 Å². The fourth-order valence-corrected chi connectivity index (χ4v) is 6.67. The fraction of sp³-hybridized carbons (Fsp3) is 0.406. The molecule has 4 atom stereocenters. The Bertz CT molecular complexity index is 1380. The number of carbonyl (C=O) groups excluding carboxylic acids is 1. The molecule has 2 fully saturated rings. The van der Waals surface area contributed by atoms with E-state index in [1.165, 1.54) is 12.2 Å². The van der Waals surface area contributed by atoms with Gasteiger partial charge in [0.25, 0.3) is 5.91 Å². The second-order valence-corrected chi connectivity index (χ2v) is 11.1. The molecular weight excluding hydrogens is 574 g/mol. The first kappa shape index (κ1) is 31.0. The lowest BCUT2D eigenvalue weighted by Crippen LogP contribution is -2.56. The van der Waals surface area contributed by atoms with E-state index in [0.29, 0.717) is 37.9 Å². The van der Waals surface area contributed by atoms with E-state index < -0.39 is 47.6 Å². The average Bonchev–Trinajstić information content (AvgIpc) is 3.19. The van der Waals surface area contributed by atoms with Crippen molar-refractivity contribution >= 4 is 5.91 Å². The van der Waals surface area contributed by atoms with Crippen molar-refractivity contribution in [1.29, 1.82) is 0 Å². The molecule has 5 rings (SSSR count). The lowest BCUT2D eigenvalue weighted by atomic mass is 9.78. The molecule has 0 radical (unpaired) electrons. The van der Waals surface area contributed by atoms with Gasteiger partial charge in [-0.25, -0.2) is 5.06 Å². The molecular formula is C32H32F6N2O3. The zero-order valence-corrected chi connectivity index (χ0v) is 23.7. The van der Waals surface area contributed by atoms with Gasteiger partial charge in [0.1, 0.15) is 0 Å². The van der Waals surface area contributed by atoms with Crippen molar-refractivity contribution in [3.63, 3.8) is 0 Å². The van der Waals surface area contributed by atoms with Crippen LogP contribution < -0.4 is 0 Å². The number of ether oxygens (including phenoxy) is 1. The number of hydrogen-bond donors (Lipinski definition) is 0. The van der Waals surface area contributed by atoms with Crippen LogP contribution in [0.25, 0.3) is 0 Å². The molecule has 2 heterocycles. The van der Waals surface area contributed by atoms with Gasteiger partial charge in [-0.3, -0.25) is 14.5 Å². The van der Waals surface area contributed by atoms with Gasteiger partial charge in [0.15, 0.2) is 0 Å². The van der Waals surface area contributed by atoms with Gasteiger partial charge in [-0.1, -0.05) is 60.7 Å². The highest BCUT2D eigenvalue weighted by Gasteiger charge is 2.61. The molecule has 3 aromatic carbocycles. The van der Waals surface area contributed by atoms with Crippen molar-refractivity contribution in [2.45, 2.75) is 62.5 Å². The van der Waals surface area contributed by atoms with E-state index >= 15 is 0 Å². The molecule has 2 aliphatic rings. The summed E-state index contributed by atoms with van der Waals surface area (Å²) in [4.78, 5) is 21.0.